The van der Waals surface area contributed by atoms with Gasteiger partial charge in [-0.1, -0.05) is 37.1 Å². The number of hydrogen-bond donors (Lipinski definition) is 2. The molecule has 0 bridgehead atoms. The number of likely N-dealkylation sites (tertiary alicyclic amines) is 1. The number of nitrogens with zero attached hydrogens (tertiary/aromatic N) is 3. The van der Waals surface area contributed by atoms with E-state index in [1.54, 1.807) is 10.7 Å². The number of rotatable bonds is 9. The Kier molecular flexibility index (Phi) is 6.68. The molecule has 1 aliphatic carbocycles. The average molecular weight is 472 g/mol. The molecule has 1 aromatic heterocycles. The van der Waals surface area contributed by atoms with E-state index in [-0.39, 0.29) is 17.9 Å². The molecule has 2 heterocycles. The molecule has 2 fully saturated rings. The van der Waals surface area contributed by atoms with Crippen LogP contribution < -0.4 is 11.1 Å². The van der Waals surface area contributed by atoms with Gasteiger partial charge in [-0.05, 0) is 73.6 Å². The summed E-state index contributed by atoms with van der Waals surface area (Å²) in [5.74, 6) is 0.811. The van der Waals surface area contributed by atoms with Crippen LogP contribution >= 0.6 is 0 Å². The zero-order chi connectivity index (χ0) is 24.4. The summed E-state index contributed by atoms with van der Waals surface area (Å²) in [4.78, 5) is 27.9. The van der Waals surface area contributed by atoms with E-state index in [9.17, 15) is 9.59 Å². The van der Waals surface area contributed by atoms with E-state index in [0.29, 0.717) is 18.7 Å². The minimum absolute atomic E-state index is 0.0641. The third kappa shape index (κ3) is 5.30. The number of nitrogens with one attached hydrogen (secondary N) is 1. The lowest BCUT2D eigenvalue weighted by atomic mass is 9.98. The van der Waals surface area contributed by atoms with Crippen LogP contribution in [0.3, 0.4) is 0 Å². The van der Waals surface area contributed by atoms with Gasteiger partial charge >= 0.3 is 0 Å². The number of carbonyl (C=O) groups excluding carboxylic acids is 2. The van der Waals surface area contributed by atoms with Gasteiger partial charge in [0.15, 0.2) is 0 Å². The topological polar surface area (TPSA) is 93.2 Å². The predicted octanol–water partition coefficient (Wildman–Crippen LogP) is 4.75. The Balaban J connectivity index is 1.38. The summed E-state index contributed by atoms with van der Waals surface area (Å²) >= 11 is 0. The first-order valence-electron chi connectivity index (χ1n) is 12.6. The van der Waals surface area contributed by atoms with Crippen molar-refractivity contribution in [2.75, 3.05) is 11.9 Å². The van der Waals surface area contributed by atoms with E-state index < -0.39 is 0 Å². The first-order chi connectivity index (χ1) is 17.0. The van der Waals surface area contributed by atoms with Gasteiger partial charge < -0.3 is 16.0 Å². The summed E-state index contributed by atoms with van der Waals surface area (Å²) in [7, 11) is 0. The quantitative estimate of drug-likeness (QED) is 0.471. The van der Waals surface area contributed by atoms with Gasteiger partial charge in [-0.25, -0.2) is 4.68 Å². The molecule has 5 rings (SSSR count). The summed E-state index contributed by atoms with van der Waals surface area (Å²) in [6.07, 6.45) is 6.27. The number of anilines is 1. The van der Waals surface area contributed by atoms with Gasteiger partial charge in [0.25, 0.3) is 5.91 Å². The lowest BCUT2D eigenvalue weighted by Crippen LogP contribution is -2.30. The second kappa shape index (κ2) is 10.0. The number of benzene rings is 2. The molecule has 7 nitrogen and oxygen atoms in total. The fraction of sp³-hybridized carbons (Fsp3) is 0.393. The standard InChI is InChI=1S/C28H33N5O2/c1-19-15-26(33(31-19)24-8-2-5-21(16-24)18-29)28(35)30-23-7-3-6-22(17-23)25(13-12-20-10-11-20)32-14-4-9-27(32)34/h2-3,5-8,15-17,20,25H,4,9-14,18,29H2,1H3,(H,30,35). The molecule has 2 aliphatic rings. The molecule has 3 aromatic rings. The Morgan fingerprint density at radius 3 is 2.74 bits per heavy atom. The van der Waals surface area contributed by atoms with Crippen molar-refractivity contribution >= 4 is 17.5 Å². The van der Waals surface area contributed by atoms with Crippen molar-refractivity contribution in [1.29, 1.82) is 0 Å². The monoisotopic (exact) mass is 471 g/mol. The number of hydrogen-bond acceptors (Lipinski definition) is 4. The SMILES string of the molecule is Cc1cc(C(=O)Nc2cccc(C(CCC3CC3)N3CCCC3=O)c2)n(-c2cccc(CN)c2)n1. The number of amides is 2. The first kappa shape index (κ1) is 23.3. The highest BCUT2D eigenvalue weighted by Crippen LogP contribution is 2.39. The Bertz CT molecular complexity index is 1230. The van der Waals surface area contributed by atoms with Gasteiger partial charge in [-0.15, -0.1) is 0 Å². The van der Waals surface area contributed by atoms with Crippen LogP contribution in [0.15, 0.2) is 54.6 Å². The van der Waals surface area contributed by atoms with Crippen LogP contribution in [0.5, 0.6) is 0 Å². The van der Waals surface area contributed by atoms with Gasteiger partial charge in [0.2, 0.25) is 5.91 Å². The lowest BCUT2D eigenvalue weighted by Gasteiger charge is -2.29. The molecule has 0 spiro atoms. The fourth-order valence-corrected chi connectivity index (χ4v) is 4.99. The van der Waals surface area contributed by atoms with Gasteiger partial charge in [0.05, 0.1) is 17.4 Å². The molecule has 2 aromatic carbocycles. The number of aryl methyl sites for hydroxylation is 1. The molecule has 2 amide bonds. The molecule has 1 saturated carbocycles. The first-order valence-corrected chi connectivity index (χ1v) is 12.6. The molecule has 1 aliphatic heterocycles. The van der Waals surface area contributed by atoms with Gasteiger partial charge in [-0.3, -0.25) is 9.59 Å². The maximum absolute atomic E-state index is 13.3. The van der Waals surface area contributed by atoms with E-state index in [4.69, 9.17) is 5.73 Å². The molecular formula is C28H33N5O2. The van der Waals surface area contributed by atoms with Crippen molar-refractivity contribution in [2.45, 2.75) is 58.0 Å². The molecule has 1 atom stereocenters. The molecule has 3 N–H and O–H groups in total. The zero-order valence-corrected chi connectivity index (χ0v) is 20.2. The van der Waals surface area contributed by atoms with Crippen LogP contribution in [0.4, 0.5) is 5.69 Å². The third-order valence-corrected chi connectivity index (χ3v) is 7.02. The van der Waals surface area contributed by atoms with Crippen LogP contribution in [0, 0.1) is 12.8 Å². The van der Waals surface area contributed by atoms with E-state index in [2.05, 4.69) is 16.5 Å². The molecule has 35 heavy (non-hydrogen) atoms. The van der Waals surface area contributed by atoms with Crippen molar-refractivity contribution in [3.05, 3.63) is 77.1 Å². The minimum Gasteiger partial charge on any atom is -0.336 e. The van der Waals surface area contributed by atoms with Crippen LogP contribution in [0.2, 0.25) is 0 Å². The fourth-order valence-electron chi connectivity index (χ4n) is 4.99. The lowest BCUT2D eigenvalue weighted by molar-refractivity contribution is -0.130. The molecule has 7 heteroatoms. The molecule has 182 valence electrons. The average Bonchev–Trinajstić information content (AvgIpc) is 3.47. The van der Waals surface area contributed by atoms with Crippen molar-refractivity contribution in [3.8, 4) is 5.69 Å². The highest BCUT2D eigenvalue weighted by Gasteiger charge is 2.31. The van der Waals surface area contributed by atoms with Gasteiger partial charge in [0.1, 0.15) is 5.69 Å². The van der Waals surface area contributed by atoms with Crippen LogP contribution in [0.25, 0.3) is 5.69 Å². The Hall–Kier alpha value is -3.45. The molecular weight excluding hydrogens is 438 g/mol. The Morgan fingerprint density at radius 2 is 2.00 bits per heavy atom. The van der Waals surface area contributed by atoms with Crippen molar-refractivity contribution in [3.63, 3.8) is 0 Å². The highest BCUT2D eigenvalue weighted by molar-refractivity contribution is 6.03. The minimum atomic E-state index is -0.229. The maximum atomic E-state index is 13.3. The highest BCUT2D eigenvalue weighted by atomic mass is 16.2. The van der Waals surface area contributed by atoms with E-state index >= 15 is 0 Å². The van der Waals surface area contributed by atoms with Crippen molar-refractivity contribution in [1.82, 2.24) is 14.7 Å². The Morgan fingerprint density at radius 1 is 1.17 bits per heavy atom. The van der Waals surface area contributed by atoms with Gasteiger partial charge in [0, 0.05) is 25.2 Å². The summed E-state index contributed by atoms with van der Waals surface area (Å²) in [5, 5.41) is 7.60. The summed E-state index contributed by atoms with van der Waals surface area (Å²) in [6, 6.07) is 17.5. The van der Waals surface area contributed by atoms with Crippen LogP contribution in [-0.2, 0) is 11.3 Å². The maximum Gasteiger partial charge on any atom is 0.274 e. The molecule has 1 unspecified atom stereocenters. The normalized spacial score (nSPS) is 16.5. The summed E-state index contributed by atoms with van der Waals surface area (Å²) in [6.45, 7) is 3.10. The predicted molar refractivity (Wildman–Crippen MR) is 136 cm³/mol. The second-order valence-electron chi connectivity index (χ2n) is 9.76. The van der Waals surface area contributed by atoms with E-state index in [1.807, 2.05) is 54.3 Å². The zero-order valence-electron chi connectivity index (χ0n) is 20.2. The van der Waals surface area contributed by atoms with Crippen LogP contribution in [-0.4, -0.2) is 33.0 Å². The summed E-state index contributed by atoms with van der Waals surface area (Å²) < 4.78 is 1.66. The second-order valence-corrected chi connectivity index (χ2v) is 9.76. The van der Waals surface area contributed by atoms with Crippen molar-refractivity contribution in [2.24, 2.45) is 11.7 Å². The third-order valence-electron chi connectivity index (χ3n) is 7.02. The van der Waals surface area contributed by atoms with Gasteiger partial charge in [-0.2, -0.15) is 5.10 Å². The molecule has 1 saturated heterocycles. The Labute approximate surface area is 206 Å². The van der Waals surface area contributed by atoms with E-state index in [1.165, 1.54) is 12.8 Å². The number of nitrogens with two attached hydrogens (primary N) is 1. The molecule has 0 radical (unpaired) electrons. The number of carbonyl (C=O) groups is 2. The van der Waals surface area contributed by atoms with Crippen LogP contribution in [0.1, 0.15) is 71.9 Å². The largest absolute Gasteiger partial charge is 0.336 e. The van der Waals surface area contributed by atoms with E-state index in [0.717, 1.165) is 59.9 Å². The number of aromatic nitrogens is 2. The van der Waals surface area contributed by atoms with Crippen molar-refractivity contribution < 1.29 is 9.59 Å². The summed E-state index contributed by atoms with van der Waals surface area (Å²) in [5.41, 5.74) is 10.6. The smallest absolute Gasteiger partial charge is 0.274 e.